The molecule has 8 saturated carbocycles. The first-order valence-electron chi connectivity index (χ1n) is 36.4. The normalized spacial score (nSPS) is 22.1. The minimum Gasteiger partial charge on any atom is -1.00 e. The second kappa shape index (κ2) is 50.6. The van der Waals surface area contributed by atoms with Crippen molar-refractivity contribution in [2.75, 3.05) is 39.6 Å². The van der Waals surface area contributed by atoms with Crippen LogP contribution >= 0.6 is 12.4 Å². The Bertz CT molecular complexity index is 3500. The number of benzene rings is 6. The van der Waals surface area contributed by atoms with Crippen molar-refractivity contribution in [3.8, 4) is 0 Å². The van der Waals surface area contributed by atoms with E-state index in [9.17, 15) is 27.2 Å². The molecule has 8 aliphatic rings. The topological polar surface area (TPSA) is 209 Å². The molecule has 594 valence electrons. The Morgan fingerprint density at radius 3 is 0.964 bits per heavy atom. The van der Waals surface area contributed by atoms with E-state index in [1.165, 1.54) is 42.2 Å². The molecule has 6 atom stereocenters. The van der Waals surface area contributed by atoms with Gasteiger partial charge in [-0.15, -0.1) is 31.5 Å². The number of carbonyl (C=O) groups excluding carboxylic acids is 6. The van der Waals surface area contributed by atoms with Crippen molar-refractivity contribution in [1.29, 1.82) is 0 Å². The number of ether oxygens (including phenoxy) is 6. The fraction of sp³-hybridized carbons (Fsp3) is 0.471. The van der Waals surface area contributed by atoms with Gasteiger partial charge in [-0.3, -0.25) is 0 Å². The van der Waals surface area contributed by atoms with Crippen LogP contribution in [0.15, 0.2) is 236 Å². The molecule has 8 bridgehead atoms. The zero-order valence-corrected chi connectivity index (χ0v) is 71.2. The smallest absolute Gasteiger partial charge is 1.00 e. The number of rotatable bonds is 30. The van der Waals surface area contributed by atoms with Crippen LogP contribution in [0, 0.1) is 51.8 Å². The van der Waals surface area contributed by atoms with Gasteiger partial charge in [-0.05, 0) is 250 Å². The molecule has 8 fully saturated rings. The summed E-state index contributed by atoms with van der Waals surface area (Å²) in [6, 6.07) is 64.3. The van der Waals surface area contributed by atoms with Crippen molar-refractivity contribution in [1.82, 2.24) is 0 Å². The van der Waals surface area contributed by atoms with Crippen LogP contribution in [-0.2, 0) is 89.6 Å². The van der Waals surface area contributed by atoms with Crippen molar-refractivity contribution in [3.05, 3.63) is 213 Å². The zero-order valence-electron chi connectivity index (χ0n) is 63.8. The Morgan fingerprint density at radius 2 is 0.718 bits per heavy atom. The van der Waals surface area contributed by atoms with Gasteiger partial charge in [0.05, 0.1) is 48.2 Å². The maximum atomic E-state index is 13.9. The molecule has 0 saturated heterocycles. The molecule has 110 heavy (non-hydrogen) atoms. The van der Waals surface area contributed by atoms with Crippen LogP contribution in [0.25, 0.3) is 0 Å². The predicted octanol–water partition coefficient (Wildman–Crippen LogP) is 13.4. The first-order chi connectivity index (χ1) is 51.2. The van der Waals surface area contributed by atoms with Crippen LogP contribution in [0.4, 0.5) is 17.6 Å². The Hall–Kier alpha value is -5.60. The van der Waals surface area contributed by atoms with Gasteiger partial charge >= 0.3 is 64.4 Å². The van der Waals surface area contributed by atoms with Gasteiger partial charge in [0.1, 0.15) is 0 Å². The molecule has 0 amide bonds. The van der Waals surface area contributed by atoms with Crippen LogP contribution < -0.4 is 53.5 Å². The molecule has 0 N–H and O–H groups in total. The maximum Gasteiger partial charge on any atom is 1.00 e. The van der Waals surface area contributed by atoms with E-state index >= 15 is 0 Å². The Labute approximate surface area is 699 Å². The van der Waals surface area contributed by atoms with Gasteiger partial charge < -0.3 is 61.2 Å². The summed E-state index contributed by atoms with van der Waals surface area (Å²) in [6.07, 6.45) is 13.9. The molecule has 0 aromatic heterocycles. The van der Waals surface area contributed by atoms with Gasteiger partial charge in [-0.25, -0.2) is 18.4 Å². The first kappa shape index (κ1) is 98.6. The standard InChI is InChI=1S/C24H38F2O4.C23H35F2O4.2C18H15S.2CO2.ClH.HI.Na.O3S/c1-17(2)21(27)29-8-6-5-7-28-18(3)30-16-24-12-19-9-20(13-24)11-23(10-19,15-24)14-22(4,25)26;1-16(2)21(26)28-7-5-4-6-27-17(3)29-15-23-11-18-8-19(12-23)10-22(9-18,14-23)13-20(24)25;2*1-4-10-16(11-5-1)19(17-12-6-2-7-13-17)18-14-8-3-9-15-18;2*2-1-3;;;;1-4(2)3/h18-20H,1,5-16H2,2-4H3;17-19H,1,4-15H2,2-3H3;2*1-15H;;;2*1H;;/q;-1;2*+1;;;;;+1;/p-1. The molecular formula is C85H104ClF4INaO15S3+. The summed E-state index contributed by atoms with van der Waals surface area (Å²) in [6.45, 7) is 18.2. The molecule has 6 aromatic rings. The van der Waals surface area contributed by atoms with E-state index in [2.05, 4.69) is 195 Å². The number of hydrogen-bond acceptors (Lipinski definition) is 15. The average molecular weight is 1720 g/mol. The van der Waals surface area contributed by atoms with E-state index in [1.807, 2.05) is 13.8 Å². The number of esters is 2. The molecule has 0 heterocycles. The third-order valence-corrected chi connectivity index (χ3v) is 24.3. The number of carbonyl (C=O) groups is 2. The quantitative estimate of drug-likeness (QED) is 0.00473. The largest absolute Gasteiger partial charge is 1.00 e. The van der Waals surface area contributed by atoms with E-state index in [0.29, 0.717) is 74.5 Å². The van der Waals surface area contributed by atoms with Crippen molar-refractivity contribution >= 4 is 69.0 Å². The first-order valence-corrected chi connectivity index (χ1v) is 39.8. The summed E-state index contributed by atoms with van der Waals surface area (Å²) in [7, 11) is -3.14. The van der Waals surface area contributed by atoms with Gasteiger partial charge in [-0.2, -0.15) is 19.2 Å². The fourth-order valence-corrected chi connectivity index (χ4v) is 21.5. The van der Waals surface area contributed by atoms with Gasteiger partial charge in [0.25, 0.3) is 0 Å². The van der Waals surface area contributed by atoms with E-state index in [1.54, 1.807) is 13.8 Å². The number of unbranched alkanes of at least 4 members (excludes halogenated alkanes) is 2. The van der Waals surface area contributed by atoms with Crippen molar-refractivity contribution in [3.63, 3.8) is 0 Å². The van der Waals surface area contributed by atoms with Gasteiger partial charge in [0.15, 0.2) is 42.0 Å². The second-order valence-electron chi connectivity index (χ2n) is 29.3. The van der Waals surface area contributed by atoms with Gasteiger partial charge in [0, 0.05) is 37.2 Å². The Kier molecular flexibility index (Phi) is 45.3. The van der Waals surface area contributed by atoms with Gasteiger partial charge in [0.2, 0.25) is 5.92 Å². The SMILES string of the molecule is C=C(C)C(=O)OCCCCOC(C)OCC12CC3CC(C1)CC(CC(C)(F)F)(C3)C2.C=C(C)C(=O)OCCCCOC(C)OCC12CC3CC(C1)CC(C[C-](F)F)(C3)C2.Cl.O=C=O.O=C=O.O=S(=O)=O.[I-].[Na+].c1ccc([S+](c2ccccc2)c2ccccc2)cc1.c1ccc([S+](c2ccccc2)c2ccccc2)cc1. The summed E-state index contributed by atoms with van der Waals surface area (Å²) in [5, 5.41) is 0. The summed E-state index contributed by atoms with van der Waals surface area (Å²) in [5.41, 5.74) is 0.510. The monoisotopic (exact) mass is 1720 g/mol. The Balaban J connectivity index is 0.000000367. The fourth-order valence-electron chi connectivity index (χ4n) is 17.3. The van der Waals surface area contributed by atoms with Crippen LogP contribution in [0.5, 0.6) is 0 Å². The third kappa shape index (κ3) is 34.2. The number of hydrogen-bond donors (Lipinski definition) is 0. The van der Waals surface area contributed by atoms with Crippen LogP contribution in [0.2, 0.25) is 0 Å². The van der Waals surface area contributed by atoms with Crippen LogP contribution in [-0.4, -0.2) is 95.0 Å². The Morgan fingerprint density at radius 1 is 0.482 bits per heavy atom. The van der Waals surface area contributed by atoms with Crippen molar-refractivity contribution < 1.29 is 141 Å². The second-order valence-corrected chi connectivity index (χ2v) is 33.8. The summed E-state index contributed by atoms with van der Waals surface area (Å²) in [5.74, 6) is -0.994. The van der Waals surface area contributed by atoms with Crippen molar-refractivity contribution in [2.45, 2.75) is 198 Å². The summed E-state index contributed by atoms with van der Waals surface area (Å²) < 4.78 is 113. The summed E-state index contributed by atoms with van der Waals surface area (Å²) in [4.78, 5) is 63.3. The molecule has 0 radical (unpaired) electrons. The van der Waals surface area contributed by atoms with Crippen LogP contribution in [0.3, 0.4) is 0 Å². The minimum absolute atomic E-state index is 0. The molecule has 14 rings (SSSR count). The third-order valence-electron chi connectivity index (χ3n) is 19.9. The molecule has 8 aliphatic carbocycles. The number of halogens is 6. The summed E-state index contributed by atoms with van der Waals surface area (Å²) >= 11 is 0. The van der Waals surface area contributed by atoms with E-state index in [0.717, 1.165) is 96.8 Å². The van der Waals surface area contributed by atoms with Gasteiger partial charge in [-0.1, -0.05) is 128 Å². The molecule has 0 spiro atoms. The average Bonchev–Trinajstić information content (AvgIpc) is 0.731. The molecule has 15 nitrogen and oxygen atoms in total. The predicted molar refractivity (Wildman–Crippen MR) is 407 cm³/mol. The minimum atomic E-state index is -3.11. The maximum absolute atomic E-state index is 13.9. The zero-order chi connectivity index (χ0) is 77.9. The number of alkyl halides is 2. The van der Waals surface area contributed by atoms with Crippen molar-refractivity contribution in [2.24, 2.45) is 45.3 Å². The van der Waals surface area contributed by atoms with E-state index in [-0.39, 0.29) is 159 Å². The molecule has 6 aromatic carbocycles. The van der Waals surface area contributed by atoms with Crippen LogP contribution in [0.1, 0.15) is 150 Å². The van der Waals surface area contributed by atoms with E-state index < -0.39 is 23.0 Å². The molecular weight excluding hydrogens is 1620 g/mol. The van der Waals surface area contributed by atoms with E-state index in [4.69, 9.17) is 60.2 Å². The molecule has 25 heteroatoms. The molecule has 6 unspecified atom stereocenters. The molecule has 0 aliphatic heterocycles.